The highest BCUT2D eigenvalue weighted by Gasteiger charge is 2.22. The molecule has 1 aromatic carbocycles. The number of hydrogen-bond donors (Lipinski definition) is 0. The second-order valence-corrected chi connectivity index (χ2v) is 4.03. The summed E-state index contributed by atoms with van der Waals surface area (Å²) in [7, 11) is 0. The molecule has 0 amide bonds. The summed E-state index contributed by atoms with van der Waals surface area (Å²) in [5.74, 6) is 5.99. The van der Waals surface area contributed by atoms with Crippen molar-refractivity contribution in [3.05, 3.63) is 35.5 Å². The van der Waals surface area contributed by atoms with Crippen molar-refractivity contribution in [2.45, 2.75) is 12.8 Å². The van der Waals surface area contributed by atoms with Gasteiger partial charge in [0.05, 0.1) is 6.61 Å². The highest BCUT2D eigenvalue weighted by atomic mass is 16.6. The van der Waals surface area contributed by atoms with Crippen LogP contribution in [-0.2, 0) is 4.74 Å². The Morgan fingerprint density at radius 2 is 2.05 bits per heavy atom. The zero-order valence-electron chi connectivity index (χ0n) is 10.6. The quantitative estimate of drug-likeness (QED) is 0.612. The number of aromatic nitrogens is 2. The van der Waals surface area contributed by atoms with Crippen molar-refractivity contribution in [3.8, 4) is 23.5 Å². The van der Waals surface area contributed by atoms with Crippen molar-refractivity contribution in [1.29, 1.82) is 0 Å². The van der Waals surface area contributed by atoms with Crippen LogP contribution in [-0.4, -0.2) is 22.9 Å². The van der Waals surface area contributed by atoms with Gasteiger partial charge in [-0.2, -0.15) is 0 Å². The lowest BCUT2D eigenvalue weighted by molar-refractivity contribution is 0.0512. The molecule has 0 atom stereocenters. The summed E-state index contributed by atoms with van der Waals surface area (Å²) in [5.41, 5.74) is 1.00. The van der Waals surface area contributed by atoms with Crippen LogP contribution in [0, 0.1) is 11.8 Å². The smallest absolute Gasteiger partial charge is 0.366 e. The van der Waals surface area contributed by atoms with Crippen LogP contribution >= 0.6 is 0 Å². The Morgan fingerprint density at radius 3 is 2.70 bits per heavy atom. The Labute approximate surface area is 114 Å². The fraction of sp³-hybridized carbons (Fsp3) is 0.214. The SMILES string of the molecule is CCOC(=O)c1nonc1Oc1ccc(C2C#C2)cc1. The Morgan fingerprint density at radius 1 is 1.30 bits per heavy atom. The van der Waals surface area contributed by atoms with E-state index in [0.29, 0.717) is 5.75 Å². The van der Waals surface area contributed by atoms with Gasteiger partial charge in [-0.25, -0.2) is 9.42 Å². The molecular formula is C14H10N2O4. The first-order valence-electron chi connectivity index (χ1n) is 6.06. The average Bonchev–Trinajstić information content (AvgIpc) is 3.20. The third-order valence-corrected chi connectivity index (χ3v) is 2.64. The summed E-state index contributed by atoms with van der Waals surface area (Å²) in [6.45, 7) is 1.94. The van der Waals surface area contributed by atoms with Gasteiger partial charge in [-0.1, -0.05) is 24.0 Å². The van der Waals surface area contributed by atoms with E-state index in [1.54, 1.807) is 19.1 Å². The fourth-order valence-corrected chi connectivity index (χ4v) is 1.62. The zero-order chi connectivity index (χ0) is 13.9. The van der Waals surface area contributed by atoms with Crippen molar-refractivity contribution in [2.75, 3.05) is 6.61 Å². The molecule has 0 aliphatic heterocycles. The molecule has 0 N–H and O–H groups in total. The third-order valence-electron chi connectivity index (χ3n) is 2.64. The Balaban J connectivity index is 1.74. The van der Waals surface area contributed by atoms with Crippen molar-refractivity contribution < 1.29 is 18.9 Å². The molecule has 0 unspecified atom stereocenters. The number of carbonyl (C=O) groups excluding carboxylic acids is 1. The van der Waals surface area contributed by atoms with Gasteiger partial charge in [0, 0.05) is 0 Å². The molecule has 3 rings (SSSR count). The van der Waals surface area contributed by atoms with E-state index in [2.05, 4.69) is 26.8 Å². The molecular weight excluding hydrogens is 260 g/mol. The van der Waals surface area contributed by atoms with Gasteiger partial charge in [0.25, 0.3) is 11.6 Å². The van der Waals surface area contributed by atoms with Crippen LogP contribution in [0.3, 0.4) is 0 Å². The molecule has 0 radical (unpaired) electrons. The molecule has 6 heteroatoms. The first kappa shape index (κ1) is 12.2. The van der Waals surface area contributed by atoms with Crippen molar-refractivity contribution in [1.82, 2.24) is 10.3 Å². The molecule has 6 nitrogen and oxygen atoms in total. The predicted octanol–water partition coefficient (Wildman–Crippen LogP) is 2.14. The molecule has 0 spiro atoms. The Kier molecular flexibility index (Phi) is 3.09. The highest BCUT2D eigenvalue weighted by Crippen LogP contribution is 2.27. The Bertz CT molecular complexity index is 686. The molecule has 20 heavy (non-hydrogen) atoms. The van der Waals surface area contributed by atoms with E-state index in [1.165, 1.54) is 0 Å². The monoisotopic (exact) mass is 270 g/mol. The van der Waals surface area contributed by atoms with Crippen LogP contribution in [0.15, 0.2) is 28.9 Å². The lowest BCUT2D eigenvalue weighted by Gasteiger charge is -2.04. The minimum Gasteiger partial charge on any atom is -0.461 e. The van der Waals surface area contributed by atoms with E-state index < -0.39 is 5.97 Å². The van der Waals surface area contributed by atoms with Gasteiger partial charge >= 0.3 is 5.97 Å². The number of nitrogens with zero attached hydrogens (tertiary/aromatic N) is 2. The van der Waals surface area contributed by atoms with E-state index in [4.69, 9.17) is 9.47 Å². The van der Waals surface area contributed by atoms with E-state index in [-0.39, 0.29) is 24.1 Å². The van der Waals surface area contributed by atoms with E-state index >= 15 is 0 Å². The third kappa shape index (κ3) is 2.47. The van der Waals surface area contributed by atoms with Crippen LogP contribution < -0.4 is 4.74 Å². The first-order valence-corrected chi connectivity index (χ1v) is 6.06. The molecule has 0 fully saturated rings. The summed E-state index contributed by atoms with van der Waals surface area (Å²) in [5, 5.41) is 7.03. The maximum Gasteiger partial charge on any atom is 0.366 e. The molecule has 1 aliphatic rings. The molecule has 2 aromatic rings. The van der Waals surface area contributed by atoms with Gasteiger partial charge in [-0.15, -0.1) is 0 Å². The van der Waals surface area contributed by atoms with Crippen LogP contribution in [0.1, 0.15) is 28.9 Å². The zero-order valence-corrected chi connectivity index (χ0v) is 10.6. The van der Waals surface area contributed by atoms with E-state index in [1.807, 2.05) is 12.1 Å². The largest absolute Gasteiger partial charge is 0.461 e. The van der Waals surface area contributed by atoms with Crippen molar-refractivity contribution in [2.24, 2.45) is 0 Å². The number of carbonyl (C=O) groups is 1. The van der Waals surface area contributed by atoms with Crippen LogP contribution in [0.25, 0.3) is 0 Å². The number of esters is 1. The number of benzene rings is 1. The fourth-order valence-electron chi connectivity index (χ4n) is 1.62. The summed E-state index contributed by atoms with van der Waals surface area (Å²) in [6.07, 6.45) is 0. The van der Waals surface area contributed by atoms with Crippen LogP contribution in [0.4, 0.5) is 0 Å². The second-order valence-electron chi connectivity index (χ2n) is 4.03. The minimum atomic E-state index is -0.633. The average molecular weight is 270 g/mol. The van der Waals surface area contributed by atoms with E-state index in [9.17, 15) is 4.79 Å². The number of ether oxygens (including phenoxy) is 2. The van der Waals surface area contributed by atoms with Gasteiger partial charge in [-0.05, 0) is 34.9 Å². The van der Waals surface area contributed by atoms with Crippen LogP contribution in [0.5, 0.6) is 11.6 Å². The molecule has 100 valence electrons. The minimum absolute atomic E-state index is 0.0149. The number of rotatable bonds is 5. The normalized spacial score (nSPS) is 12.4. The maximum absolute atomic E-state index is 11.6. The molecule has 1 heterocycles. The summed E-state index contributed by atoms with van der Waals surface area (Å²) >= 11 is 0. The molecule has 0 bridgehead atoms. The Hall–Kier alpha value is -2.81. The first-order chi connectivity index (χ1) is 9.78. The van der Waals surface area contributed by atoms with Gasteiger partial charge in [0.15, 0.2) is 0 Å². The highest BCUT2D eigenvalue weighted by molar-refractivity contribution is 5.89. The molecule has 1 aromatic heterocycles. The van der Waals surface area contributed by atoms with Gasteiger partial charge in [0.2, 0.25) is 0 Å². The standard InChI is InChI=1S/C14H10N2O4/c1-2-18-14(17)12-13(16-20-15-12)19-11-7-5-10(6-8-11)9-3-4-9/h5-9H,2H2,1H3. The van der Waals surface area contributed by atoms with Crippen LogP contribution in [0.2, 0.25) is 0 Å². The summed E-state index contributed by atoms with van der Waals surface area (Å²) in [6, 6.07) is 7.32. The second kappa shape index (κ2) is 5.05. The predicted molar refractivity (Wildman–Crippen MR) is 67.3 cm³/mol. The van der Waals surface area contributed by atoms with Gasteiger partial charge < -0.3 is 9.47 Å². The molecule has 1 aliphatic carbocycles. The lowest BCUT2D eigenvalue weighted by Crippen LogP contribution is -2.06. The van der Waals surface area contributed by atoms with Crippen molar-refractivity contribution in [3.63, 3.8) is 0 Å². The lowest BCUT2D eigenvalue weighted by atomic mass is 10.1. The molecule has 0 saturated carbocycles. The summed E-state index contributed by atoms with van der Waals surface area (Å²) in [4.78, 5) is 11.6. The van der Waals surface area contributed by atoms with Gasteiger partial charge in [-0.3, -0.25) is 0 Å². The van der Waals surface area contributed by atoms with Crippen molar-refractivity contribution >= 4 is 5.97 Å². The number of hydrogen-bond acceptors (Lipinski definition) is 6. The van der Waals surface area contributed by atoms with E-state index in [0.717, 1.165) is 5.56 Å². The maximum atomic E-state index is 11.6. The molecule has 0 saturated heterocycles. The summed E-state index contributed by atoms with van der Waals surface area (Å²) < 4.78 is 14.8. The van der Waals surface area contributed by atoms with Gasteiger partial charge in [0.1, 0.15) is 11.7 Å². The topological polar surface area (TPSA) is 74.5 Å².